The predicted molar refractivity (Wildman–Crippen MR) is 87.9 cm³/mol. The molecule has 3 rings (SSSR count). The summed E-state index contributed by atoms with van der Waals surface area (Å²) in [5.74, 6) is 0.877. The molecule has 0 spiro atoms. The van der Waals surface area contributed by atoms with Crippen LogP contribution in [0.4, 0.5) is 0 Å². The molecule has 21 heavy (non-hydrogen) atoms. The molecule has 3 aliphatic carbocycles. The summed E-state index contributed by atoms with van der Waals surface area (Å²) >= 11 is 0. The normalized spacial score (nSPS) is 41.5. The van der Waals surface area contributed by atoms with Gasteiger partial charge in [-0.3, -0.25) is 4.79 Å². The van der Waals surface area contributed by atoms with Crippen LogP contribution in [-0.2, 0) is 4.79 Å². The first-order valence-corrected chi connectivity index (χ1v) is 8.32. The van der Waals surface area contributed by atoms with Crippen LogP contribution in [0, 0.1) is 22.2 Å². The van der Waals surface area contributed by atoms with Crippen LogP contribution < -0.4 is 0 Å². The second kappa shape index (κ2) is 4.44. The van der Waals surface area contributed by atoms with Crippen LogP contribution in [0.2, 0.25) is 0 Å². The smallest absolute Gasteiger partial charge is 0.159 e. The fourth-order valence-corrected chi connectivity index (χ4v) is 5.09. The summed E-state index contributed by atoms with van der Waals surface area (Å²) in [6, 6.07) is 0. The van der Waals surface area contributed by atoms with Gasteiger partial charge in [0.1, 0.15) is 0 Å². The van der Waals surface area contributed by atoms with Crippen molar-refractivity contribution in [3.05, 3.63) is 36.0 Å². The van der Waals surface area contributed by atoms with E-state index in [4.69, 9.17) is 0 Å². The minimum absolute atomic E-state index is 0.0537. The van der Waals surface area contributed by atoms with Crippen molar-refractivity contribution in [2.45, 2.75) is 59.8 Å². The van der Waals surface area contributed by atoms with Crippen LogP contribution in [0.25, 0.3) is 0 Å². The van der Waals surface area contributed by atoms with Crippen LogP contribution >= 0.6 is 0 Å². The van der Waals surface area contributed by atoms with Gasteiger partial charge in [-0.1, -0.05) is 52.3 Å². The third-order valence-corrected chi connectivity index (χ3v) is 6.55. The number of carbonyl (C=O) groups excluding carboxylic acids is 1. The third kappa shape index (κ3) is 2.08. The molecule has 0 heterocycles. The van der Waals surface area contributed by atoms with E-state index >= 15 is 0 Å². The van der Waals surface area contributed by atoms with E-state index in [9.17, 15) is 4.79 Å². The van der Waals surface area contributed by atoms with Crippen molar-refractivity contribution >= 4 is 5.78 Å². The average Bonchev–Trinajstić information content (AvgIpc) is 2.41. The maximum absolute atomic E-state index is 12.8. The number of rotatable bonds is 1. The molecule has 0 amide bonds. The molecule has 0 saturated heterocycles. The molecule has 0 bridgehead atoms. The molecule has 1 heteroatoms. The van der Waals surface area contributed by atoms with E-state index in [0.717, 1.165) is 18.4 Å². The summed E-state index contributed by atoms with van der Waals surface area (Å²) in [4.78, 5) is 12.8. The number of allylic oxidation sites excluding steroid dienone is 5. The van der Waals surface area contributed by atoms with Crippen molar-refractivity contribution in [1.82, 2.24) is 0 Å². The van der Waals surface area contributed by atoms with Gasteiger partial charge in [-0.2, -0.15) is 0 Å². The average molecular weight is 284 g/mol. The lowest BCUT2D eigenvalue weighted by atomic mass is 9.49. The van der Waals surface area contributed by atoms with Gasteiger partial charge in [-0.25, -0.2) is 0 Å². The zero-order chi connectivity index (χ0) is 15.5. The van der Waals surface area contributed by atoms with Crippen molar-refractivity contribution in [2.24, 2.45) is 22.2 Å². The zero-order valence-electron chi connectivity index (χ0n) is 14.0. The van der Waals surface area contributed by atoms with E-state index in [2.05, 4.69) is 46.4 Å². The summed E-state index contributed by atoms with van der Waals surface area (Å²) < 4.78 is 0. The Morgan fingerprint density at radius 3 is 2.62 bits per heavy atom. The maximum Gasteiger partial charge on any atom is 0.159 e. The van der Waals surface area contributed by atoms with Gasteiger partial charge in [0.05, 0.1) is 0 Å². The van der Waals surface area contributed by atoms with E-state index in [1.165, 1.54) is 24.8 Å². The first-order chi connectivity index (χ1) is 9.72. The summed E-state index contributed by atoms with van der Waals surface area (Å²) in [6.45, 7) is 13.2. The molecule has 0 radical (unpaired) electrons. The van der Waals surface area contributed by atoms with E-state index in [0.29, 0.717) is 11.7 Å². The molecule has 0 aromatic heterocycles. The molecular formula is C20H28O. The third-order valence-electron chi connectivity index (χ3n) is 6.55. The monoisotopic (exact) mass is 284 g/mol. The molecule has 0 aliphatic heterocycles. The Hall–Kier alpha value is -1.11. The standard InChI is InChI=1S/C20H28O/c1-6-19(4)11-8-15-14(13-19)16(21)12-17-18(2,3)9-7-10-20(15,17)5/h6,8,11,17H,1,7,9-10,12-13H2,2-5H3/t17-,19-,20+/m0/s1. The highest BCUT2D eigenvalue weighted by Crippen LogP contribution is 2.60. The number of fused-ring (bicyclic) bond motifs is 2. The summed E-state index contributed by atoms with van der Waals surface area (Å²) in [5.41, 5.74) is 2.84. The van der Waals surface area contributed by atoms with E-state index < -0.39 is 0 Å². The van der Waals surface area contributed by atoms with Gasteiger partial charge >= 0.3 is 0 Å². The van der Waals surface area contributed by atoms with Gasteiger partial charge in [0.2, 0.25) is 0 Å². The van der Waals surface area contributed by atoms with Gasteiger partial charge < -0.3 is 0 Å². The van der Waals surface area contributed by atoms with Gasteiger partial charge in [-0.05, 0) is 41.6 Å². The molecule has 3 aliphatic rings. The number of hydrogen-bond acceptors (Lipinski definition) is 1. The quantitative estimate of drug-likeness (QED) is 0.602. The summed E-state index contributed by atoms with van der Waals surface area (Å²) in [5, 5.41) is 0. The lowest BCUT2D eigenvalue weighted by molar-refractivity contribution is -0.122. The Bertz CT molecular complexity index is 562. The topological polar surface area (TPSA) is 17.1 Å². The van der Waals surface area contributed by atoms with Crippen molar-refractivity contribution in [3.63, 3.8) is 0 Å². The molecular weight excluding hydrogens is 256 g/mol. The minimum atomic E-state index is -0.0537. The highest BCUT2D eigenvalue weighted by atomic mass is 16.1. The zero-order valence-corrected chi connectivity index (χ0v) is 14.0. The number of carbonyl (C=O) groups is 1. The Kier molecular flexibility index (Phi) is 3.13. The van der Waals surface area contributed by atoms with Crippen molar-refractivity contribution in [1.29, 1.82) is 0 Å². The lowest BCUT2D eigenvalue weighted by Gasteiger charge is -2.55. The molecule has 0 aromatic rings. The first kappa shape index (κ1) is 14.8. The predicted octanol–water partition coefficient (Wildman–Crippen LogP) is 5.24. The lowest BCUT2D eigenvalue weighted by Crippen LogP contribution is -2.48. The second-order valence-corrected chi connectivity index (χ2v) is 8.55. The van der Waals surface area contributed by atoms with Gasteiger partial charge in [0.15, 0.2) is 5.78 Å². The molecule has 114 valence electrons. The number of ketones is 1. The van der Waals surface area contributed by atoms with E-state index in [1.807, 2.05) is 6.08 Å². The molecule has 1 fully saturated rings. The van der Waals surface area contributed by atoms with Gasteiger partial charge in [0, 0.05) is 17.4 Å². The highest BCUT2D eigenvalue weighted by molar-refractivity contribution is 5.98. The van der Waals surface area contributed by atoms with Crippen LogP contribution in [0.1, 0.15) is 59.8 Å². The number of hydrogen-bond donors (Lipinski definition) is 0. The van der Waals surface area contributed by atoms with E-state index in [1.54, 1.807) is 0 Å². The largest absolute Gasteiger partial charge is 0.295 e. The molecule has 1 saturated carbocycles. The molecule has 0 unspecified atom stereocenters. The van der Waals surface area contributed by atoms with Gasteiger partial charge in [0.25, 0.3) is 0 Å². The highest BCUT2D eigenvalue weighted by Gasteiger charge is 2.53. The fourth-order valence-electron chi connectivity index (χ4n) is 5.09. The SMILES string of the molecule is C=C[C@@]1(C)C=CC2=C(C1)C(=O)C[C@H]1C(C)(C)CCC[C@]21C. The van der Waals surface area contributed by atoms with Crippen molar-refractivity contribution < 1.29 is 4.79 Å². The molecule has 1 nitrogen and oxygen atoms in total. The Morgan fingerprint density at radius 1 is 1.24 bits per heavy atom. The van der Waals surface area contributed by atoms with Gasteiger partial charge in [-0.15, -0.1) is 6.58 Å². The van der Waals surface area contributed by atoms with Crippen LogP contribution in [0.5, 0.6) is 0 Å². The summed E-state index contributed by atoms with van der Waals surface area (Å²) in [6.07, 6.45) is 11.8. The Morgan fingerprint density at radius 2 is 1.95 bits per heavy atom. The van der Waals surface area contributed by atoms with Crippen LogP contribution in [0.15, 0.2) is 36.0 Å². The molecule has 3 atom stereocenters. The maximum atomic E-state index is 12.8. The first-order valence-electron chi connectivity index (χ1n) is 8.32. The molecule has 0 aromatic carbocycles. The number of Topliss-reactive ketones (excluding diaryl/α,β-unsaturated/α-hetero) is 1. The van der Waals surface area contributed by atoms with E-state index in [-0.39, 0.29) is 16.2 Å². The second-order valence-electron chi connectivity index (χ2n) is 8.55. The Labute approximate surface area is 129 Å². The minimum Gasteiger partial charge on any atom is -0.295 e. The fraction of sp³-hybridized carbons (Fsp3) is 0.650. The Balaban J connectivity index is 2.10. The van der Waals surface area contributed by atoms with Crippen LogP contribution in [0.3, 0.4) is 0 Å². The summed E-state index contributed by atoms with van der Waals surface area (Å²) in [7, 11) is 0. The van der Waals surface area contributed by atoms with Crippen molar-refractivity contribution in [3.8, 4) is 0 Å². The van der Waals surface area contributed by atoms with Crippen LogP contribution in [-0.4, -0.2) is 5.78 Å². The molecule has 0 N–H and O–H groups in total. The van der Waals surface area contributed by atoms with Crippen molar-refractivity contribution in [2.75, 3.05) is 0 Å².